The molecule has 0 spiro atoms. The van der Waals surface area contributed by atoms with Crippen LogP contribution in [0.1, 0.15) is 15.9 Å². The van der Waals surface area contributed by atoms with Gasteiger partial charge < -0.3 is 15.0 Å². The van der Waals surface area contributed by atoms with Gasteiger partial charge >= 0.3 is 6.09 Å². The van der Waals surface area contributed by atoms with Gasteiger partial charge in [-0.05, 0) is 17.7 Å². The average molecular weight is 369 g/mol. The molecule has 3 heterocycles. The molecule has 28 heavy (non-hydrogen) atoms. The molecule has 0 bridgehead atoms. The first-order valence-electron chi connectivity index (χ1n) is 9.05. The van der Waals surface area contributed by atoms with Gasteiger partial charge in [0.2, 0.25) is 0 Å². The summed E-state index contributed by atoms with van der Waals surface area (Å²) in [4.78, 5) is 29.1. The van der Waals surface area contributed by atoms with E-state index in [1.165, 1.54) is 7.11 Å². The normalized spacial score (nSPS) is 13.5. The first-order valence-corrected chi connectivity index (χ1v) is 9.05. The van der Waals surface area contributed by atoms with Crippen LogP contribution in [0.2, 0.25) is 0 Å². The summed E-state index contributed by atoms with van der Waals surface area (Å²) in [5.74, 6) is -0.111. The van der Waals surface area contributed by atoms with Gasteiger partial charge in [0.1, 0.15) is 0 Å². The molecule has 0 unspecified atom stereocenters. The molecule has 0 fully saturated rings. The Morgan fingerprint density at radius 1 is 1.04 bits per heavy atom. The number of H-pyrrole nitrogens is 1. The molecular weight excluding hydrogens is 354 g/mol. The molecule has 3 aromatic carbocycles. The lowest BCUT2D eigenvalue weighted by Crippen LogP contribution is -2.13. The number of para-hydroxylation sites is 2. The van der Waals surface area contributed by atoms with Gasteiger partial charge in [0.25, 0.3) is 5.91 Å². The van der Waals surface area contributed by atoms with Crippen LogP contribution in [0.25, 0.3) is 43.6 Å². The molecule has 2 aromatic heterocycles. The van der Waals surface area contributed by atoms with Crippen molar-refractivity contribution in [1.82, 2.24) is 14.9 Å². The largest absolute Gasteiger partial charge is 0.452 e. The lowest BCUT2D eigenvalue weighted by Gasteiger charge is -2.07. The Labute approximate surface area is 158 Å². The topological polar surface area (TPSA) is 76.1 Å². The SMILES string of the molecule is COC(=O)n1c2ccccc2c2c3c(c4c5ccccc5[nH]c4c21)CNC3=O. The van der Waals surface area contributed by atoms with E-state index in [9.17, 15) is 9.59 Å². The molecule has 1 aliphatic rings. The summed E-state index contributed by atoms with van der Waals surface area (Å²) in [5, 5.41) is 6.62. The number of hydrogen-bond donors (Lipinski definition) is 2. The number of aromatic nitrogens is 2. The van der Waals surface area contributed by atoms with Crippen LogP contribution in [0, 0.1) is 0 Å². The number of aromatic amines is 1. The van der Waals surface area contributed by atoms with Gasteiger partial charge in [0.15, 0.2) is 0 Å². The summed E-state index contributed by atoms with van der Waals surface area (Å²) in [6.45, 7) is 0.472. The summed E-state index contributed by atoms with van der Waals surface area (Å²) in [5.41, 5.74) is 4.82. The van der Waals surface area contributed by atoms with Gasteiger partial charge in [-0.15, -0.1) is 0 Å². The molecule has 6 nitrogen and oxygen atoms in total. The zero-order chi connectivity index (χ0) is 19.0. The number of nitrogens with zero attached hydrogens (tertiary/aromatic N) is 1. The van der Waals surface area contributed by atoms with Crippen LogP contribution in [-0.4, -0.2) is 28.7 Å². The highest BCUT2D eigenvalue weighted by molar-refractivity contribution is 6.31. The van der Waals surface area contributed by atoms with Crippen molar-refractivity contribution in [3.63, 3.8) is 0 Å². The highest BCUT2D eigenvalue weighted by Gasteiger charge is 2.31. The van der Waals surface area contributed by atoms with E-state index in [1.54, 1.807) is 4.57 Å². The first-order chi connectivity index (χ1) is 13.7. The summed E-state index contributed by atoms with van der Waals surface area (Å²) >= 11 is 0. The number of nitrogens with one attached hydrogen (secondary N) is 2. The Morgan fingerprint density at radius 3 is 2.61 bits per heavy atom. The number of carbonyl (C=O) groups is 2. The van der Waals surface area contributed by atoms with E-state index in [1.807, 2.05) is 48.5 Å². The number of carbonyl (C=O) groups excluding carboxylic acids is 2. The van der Waals surface area contributed by atoms with Crippen LogP contribution < -0.4 is 5.32 Å². The summed E-state index contributed by atoms with van der Waals surface area (Å²) in [6, 6.07) is 15.6. The maximum absolute atomic E-state index is 12.8. The Balaban J connectivity index is 2.02. The van der Waals surface area contributed by atoms with Crippen LogP contribution in [0.4, 0.5) is 4.79 Å². The molecule has 1 aliphatic heterocycles. The van der Waals surface area contributed by atoms with E-state index >= 15 is 0 Å². The van der Waals surface area contributed by atoms with Gasteiger partial charge in [-0.25, -0.2) is 9.36 Å². The predicted molar refractivity (Wildman–Crippen MR) is 108 cm³/mol. The molecule has 0 saturated carbocycles. The predicted octanol–water partition coefficient (Wildman–Crippen LogP) is 4.29. The van der Waals surface area contributed by atoms with Crippen molar-refractivity contribution in [2.45, 2.75) is 6.54 Å². The molecule has 0 saturated heterocycles. The van der Waals surface area contributed by atoms with E-state index in [-0.39, 0.29) is 5.91 Å². The zero-order valence-electron chi connectivity index (χ0n) is 15.0. The van der Waals surface area contributed by atoms with Crippen LogP contribution >= 0.6 is 0 Å². The average Bonchev–Trinajstić information content (AvgIpc) is 3.38. The number of hydrogen-bond acceptors (Lipinski definition) is 3. The first kappa shape index (κ1) is 15.3. The van der Waals surface area contributed by atoms with Gasteiger partial charge in [-0.2, -0.15) is 0 Å². The fraction of sp³-hybridized carbons (Fsp3) is 0.0909. The van der Waals surface area contributed by atoms with E-state index in [4.69, 9.17) is 4.74 Å². The molecule has 2 N–H and O–H groups in total. The maximum atomic E-state index is 12.8. The number of benzene rings is 3. The number of fused-ring (bicyclic) bond motifs is 10. The van der Waals surface area contributed by atoms with Crippen LogP contribution in [0.3, 0.4) is 0 Å². The molecule has 1 amide bonds. The second-order valence-electron chi connectivity index (χ2n) is 7.00. The molecule has 136 valence electrons. The molecule has 0 aliphatic carbocycles. The van der Waals surface area contributed by atoms with E-state index < -0.39 is 6.09 Å². The van der Waals surface area contributed by atoms with Crippen LogP contribution in [0.5, 0.6) is 0 Å². The number of amides is 1. The van der Waals surface area contributed by atoms with Crippen molar-refractivity contribution in [3.8, 4) is 0 Å². The van der Waals surface area contributed by atoms with Crippen molar-refractivity contribution in [2.24, 2.45) is 0 Å². The smallest absolute Gasteiger partial charge is 0.418 e. The Kier molecular flexibility index (Phi) is 2.80. The Morgan fingerprint density at radius 2 is 1.79 bits per heavy atom. The highest BCUT2D eigenvalue weighted by Crippen LogP contribution is 2.43. The van der Waals surface area contributed by atoms with E-state index in [0.29, 0.717) is 17.6 Å². The Bertz CT molecular complexity index is 1490. The minimum atomic E-state index is -0.482. The summed E-state index contributed by atoms with van der Waals surface area (Å²) in [7, 11) is 1.37. The van der Waals surface area contributed by atoms with Crippen LogP contribution in [0.15, 0.2) is 48.5 Å². The number of rotatable bonds is 0. The summed E-state index contributed by atoms with van der Waals surface area (Å²) < 4.78 is 6.65. The van der Waals surface area contributed by atoms with Gasteiger partial charge in [-0.3, -0.25) is 4.79 Å². The van der Waals surface area contributed by atoms with Crippen LogP contribution in [-0.2, 0) is 11.3 Å². The Hall–Kier alpha value is -3.80. The maximum Gasteiger partial charge on any atom is 0.418 e. The van der Waals surface area contributed by atoms with Crippen molar-refractivity contribution in [1.29, 1.82) is 0 Å². The fourth-order valence-corrected chi connectivity index (χ4v) is 4.60. The van der Waals surface area contributed by atoms with Gasteiger partial charge in [-0.1, -0.05) is 36.4 Å². The summed E-state index contributed by atoms with van der Waals surface area (Å²) in [6.07, 6.45) is -0.482. The minimum Gasteiger partial charge on any atom is -0.452 e. The van der Waals surface area contributed by atoms with Crippen molar-refractivity contribution in [2.75, 3.05) is 7.11 Å². The number of methoxy groups -OCH3 is 1. The lowest BCUT2D eigenvalue weighted by atomic mass is 9.97. The van der Waals surface area contributed by atoms with Crippen molar-refractivity contribution >= 4 is 55.6 Å². The molecular formula is C22H15N3O3. The third-order valence-electron chi connectivity index (χ3n) is 5.68. The molecule has 6 heteroatoms. The van der Waals surface area contributed by atoms with Crippen molar-refractivity contribution < 1.29 is 14.3 Å². The van der Waals surface area contributed by atoms with E-state index in [0.717, 1.165) is 43.7 Å². The monoisotopic (exact) mass is 369 g/mol. The second kappa shape index (κ2) is 5.13. The van der Waals surface area contributed by atoms with Gasteiger partial charge in [0.05, 0.1) is 29.2 Å². The molecule has 5 aromatic rings. The number of ether oxygens (including phenoxy) is 1. The lowest BCUT2D eigenvalue weighted by molar-refractivity contribution is 0.0967. The second-order valence-corrected chi connectivity index (χ2v) is 7.00. The quantitative estimate of drug-likeness (QED) is 0.428. The third kappa shape index (κ3) is 1.67. The molecule has 0 radical (unpaired) electrons. The zero-order valence-corrected chi connectivity index (χ0v) is 15.0. The standard InChI is InChI=1S/C22H15N3O3/c1-28-22(27)25-15-9-5-3-7-12(15)17-18-13(10-23-21(18)26)16-11-6-2-4-8-14(11)24-19(16)20(17)25/h2-9,24H,10H2,1H3,(H,23,26). The highest BCUT2D eigenvalue weighted by atomic mass is 16.5. The molecule has 0 atom stereocenters. The third-order valence-corrected chi connectivity index (χ3v) is 5.68. The molecule has 6 rings (SSSR count). The van der Waals surface area contributed by atoms with Gasteiger partial charge in [0, 0.05) is 33.6 Å². The minimum absolute atomic E-state index is 0.111. The van der Waals surface area contributed by atoms with E-state index in [2.05, 4.69) is 10.3 Å². The van der Waals surface area contributed by atoms with Crippen molar-refractivity contribution in [3.05, 3.63) is 59.7 Å². The fourth-order valence-electron chi connectivity index (χ4n) is 4.60.